The summed E-state index contributed by atoms with van der Waals surface area (Å²) >= 11 is 5.80. The summed E-state index contributed by atoms with van der Waals surface area (Å²) in [4.78, 5) is 17.2. The minimum Gasteiger partial charge on any atom is -0.311 e. The number of nitrogens with two attached hydrogens (primary N) is 1. The quantitative estimate of drug-likeness (QED) is 0.870. The van der Waals surface area contributed by atoms with E-state index in [0.717, 1.165) is 0 Å². The number of hydrogen-bond donors (Lipinski definition) is 1. The van der Waals surface area contributed by atoms with Gasteiger partial charge in [-0.15, -0.1) is 0 Å². The lowest BCUT2D eigenvalue weighted by molar-refractivity contribution is -0.117. The maximum Gasteiger partial charge on any atom is 0.227 e. The van der Waals surface area contributed by atoms with Crippen LogP contribution in [-0.2, 0) is 14.8 Å². The van der Waals surface area contributed by atoms with Crippen molar-refractivity contribution in [3.63, 3.8) is 0 Å². The number of sulfonamides is 1. The van der Waals surface area contributed by atoms with Crippen LogP contribution in [0.2, 0.25) is 5.02 Å². The first-order valence-electron chi connectivity index (χ1n) is 5.26. The van der Waals surface area contributed by atoms with Gasteiger partial charge in [-0.2, -0.15) is 0 Å². The predicted octanol–water partition coefficient (Wildman–Crippen LogP) is 0.376. The van der Waals surface area contributed by atoms with Crippen molar-refractivity contribution < 1.29 is 13.2 Å². The Morgan fingerprint density at radius 2 is 2.22 bits per heavy atom. The Balaban J connectivity index is 2.15. The van der Waals surface area contributed by atoms with Gasteiger partial charge in [0.15, 0.2) is 0 Å². The molecule has 1 fully saturated rings. The number of carbonyl (C=O) groups excluding carboxylic acids is 1. The van der Waals surface area contributed by atoms with Gasteiger partial charge in [-0.1, -0.05) is 11.6 Å². The van der Waals surface area contributed by atoms with Gasteiger partial charge in [-0.05, 0) is 6.07 Å². The zero-order valence-corrected chi connectivity index (χ0v) is 11.0. The number of amides is 1. The van der Waals surface area contributed by atoms with Crippen LogP contribution < -0.4 is 10.0 Å². The molecule has 1 atom stereocenters. The highest BCUT2D eigenvalue weighted by atomic mass is 35.5. The molecule has 0 aromatic carbocycles. The molecule has 18 heavy (non-hydrogen) atoms. The Morgan fingerprint density at radius 1 is 1.50 bits per heavy atom. The van der Waals surface area contributed by atoms with E-state index in [4.69, 9.17) is 16.7 Å². The second-order valence-corrected chi connectivity index (χ2v) is 6.36. The third-order valence-electron chi connectivity index (χ3n) is 2.68. The number of aromatic nitrogens is 1. The van der Waals surface area contributed by atoms with Gasteiger partial charge in [0.1, 0.15) is 0 Å². The van der Waals surface area contributed by atoms with Crippen LogP contribution in [0, 0.1) is 5.92 Å². The molecule has 0 aliphatic carbocycles. The van der Waals surface area contributed by atoms with Gasteiger partial charge in [0.05, 0.1) is 22.7 Å². The Labute approximate surface area is 110 Å². The van der Waals surface area contributed by atoms with Crippen LogP contribution in [0.5, 0.6) is 0 Å². The molecule has 6 nitrogen and oxygen atoms in total. The fourth-order valence-electron chi connectivity index (χ4n) is 2.02. The van der Waals surface area contributed by atoms with Crippen LogP contribution in [0.4, 0.5) is 5.69 Å². The van der Waals surface area contributed by atoms with Crippen molar-refractivity contribution in [2.45, 2.75) is 6.42 Å². The summed E-state index contributed by atoms with van der Waals surface area (Å²) in [5.74, 6) is -0.623. The van der Waals surface area contributed by atoms with Gasteiger partial charge in [0.25, 0.3) is 0 Å². The zero-order valence-electron chi connectivity index (χ0n) is 9.41. The molecule has 1 amide bonds. The summed E-state index contributed by atoms with van der Waals surface area (Å²) in [5.41, 5.74) is 0.574. The van der Waals surface area contributed by atoms with Crippen LogP contribution in [0.1, 0.15) is 6.42 Å². The zero-order chi connectivity index (χ0) is 13.3. The van der Waals surface area contributed by atoms with Crippen LogP contribution in [0.25, 0.3) is 0 Å². The molecule has 1 aromatic heterocycles. The predicted molar refractivity (Wildman–Crippen MR) is 67.7 cm³/mol. The molecule has 2 heterocycles. The summed E-state index contributed by atoms with van der Waals surface area (Å²) in [6, 6.07) is 1.62. The molecule has 0 saturated carbocycles. The fraction of sp³-hybridized carbons (Fsp3) is 0.400. The van der Waals surface area contributed by atoms with Crippen molar-refractivity contribution in [1.82, 2.24) is 4.98 Å². The van der Waals surface area contributed by atoms with E-state index in [1.807, 2.05) is 0 Å². The molecule has 1 aromatic rings. The molecule has 2 rings (SSSR count). The minimum absolute atomic E-state index is 0.146. The van der Waals surface area contributed by atoms with Crippen molar-refractivity contribution >= 4 is 33.2 Å². The number of nitrogens with zero attached hydrogens (tertiary/aromatic N) is 2. The lowest BCUT2D eigenvalue weighted by Gasteiger charge is -2.16. The number of carbonyl (C=O) groups is 1. The monoisotopic (exact) mass is 289 g/mol. The van der Waals surface area contributed by atoms with Gasteiger partial charge in [0.2, 0.25) is 15.9 Å². The van der Waals surface area contributed by atoms with Gasteiger partial charge < -0.3 is 4.90 Å². The number of primary sulfonamides is 1. The smallest absolute Gasteiger partial charge is 0.227 e. The summed E-state index contributed by atoms with van der Waals surface area (Å²) in [5, 5.41) is 5.40. The van der Waals surface area contributed by atoms with E-state index in [9.17, 15) is 13.2 Å². The van der Waals surface area contributed by atoms with Crippen molar-refractivity contribution in [1.29, 1.82) is 0 Å². The van der Waals surface area contributed by atoms with E-state index in [2.05, 4.69) is 4.98 Å². The van der Waals surface area contributed by atoms with Crippen LogP contribution in [0.3, 0.4) is 0 Å². The summed E-state index contributed by atoms with van der Waals surface area (Å²) < 4.78 is 22.0. The van der Waals surface area contributed by atoms with Crippen LogP contribution >= 0.6 is 11.6 Å². The molecular formula is C10H12ClN3O3S. The number of halogens is 1. The third-order valence-corrected chi connectivity index (χ3v) is 3.82. The maximum absolute atomic E-state index is 11.8. The molecule has 0 radical (unpaired) electrons. The summed E-state index contributed by atoms with van der Waals surface area (Å²) in [7, 11) is -3.57. The average molecular weight is 290 g/mol. The first-order valence-corrected chi connectivity index (χ1v) is 7.36. The minimum atomic E-state index is -3.57. The number of anilines is 1. The van der Waals surface area contributed by atoms with Crippen LogP contribution in [0.15, 0.2) is 18.5 Å². The Hall–Kier alpha value is -1.18. The van der Waals surface area contributed by atoms with Gasteiger partial charge in [-0.3, -0.25) is 9.78 Å². The van der Waals surface area contributed by atoms with Gasteiger partial charge in [0, 0.05) is 25.1 Å². The molecule has 8 heteroatoms. The Morgan fingerprint density at radius 3 is 2.83 bits per heavy atom. The second kappa shape index (κ2) is 4.83. The van der Waals surface area contributed by atoms with E-state index < -0.39 is 10.0 Å². The maximum atomic E-state index is 11.8. The molecule has 1 aliphatic heterocycles. The molecule has 98 valence electrons. The van der Waals surface area contributed by atoms with Crippen molar-refractivity contribution in [3.05, 3.63) is 23.5 Å². The largest absolute Gasteiger partial charge is 0.311 e. The SMILES string of the molecule is NS(=O)(=O)CC1CC(=O)N(c2cncc(Cl)c2)C1. The van der Waals surface area contributed by atoms with Crippen LogP contribution in [-0.4, -0.2) is 31.6 Å². The highest BCUT2D eigenvalue weighted by molar-refractivity contribution is 7.89. The Bertz CT molecular complexity index is 575. The molecule has 0 bridgehead atoms. The highest BCUT2D eigenvalue weighted by Crippen LogP contribution is 2.26. The fourth-order valence-corrected chi connectivity index (χ4v) is 3.07. The molecule has 0 spiro atoms. The summed E-state index contributed by atoms with van der Waals surface area (Å²) in [6.45, 7) is 0.317. The lowest BCUT2D eigenvalue weighted by Crippen LogP contribution is -2.27. The second-order valence-electron chi connectivity index (χ2n) is 4.27. The van der Waals surface area contributed by atoms with E-state index in [1.54, 1.807) is 6.07 Å². The van der Waals surface area contributed by atoms with Crippen molar-refractivity contribution in [2.75, 3.05) is 17.2 Å². The molecule has 1 aliphatic rings. The molecule has 2 N–H and O–H groups in total. The third kappa shape index (κ3) is 3.18. The van der Waals surface area contributed by atoms with Crippen molar-refractivity contribution in [3.8, 4) is 0 Å². The first kappa shape index (κ1) is 13.3. The lowest BCUT2D eigenvalue weighted by atomic mass is 10.1. The first-order chi connectivity index (χ1) is 8.35. The van der Waals surface area contributed by atoms with E-state index in [-0.39, 0.29) is 24.0 Å². The molecule has 1 saturated heterocycles. The van der Waals surface area contributed by atoms with E-state index in [1.165, 1.54) is 17.3 Å². The normalized spacial score (nSPS) is 20.4. The topological polar surface area (TPSA) is 93.4 Å². The Kier molecular flexibility index (Phi) is 3.56. The number of pyridine rings is 1. The van der Waals surface area contributed by atoms with E-state index in [0.29, 0.717) is 17.3 Å². The highest BCUT2D eigenvalue weighted by Gasteiger charge is 2.32. The standard InChI is InChI=1S/C10H12ClN3O3S/c11-8-2-9(4-13-3-8)14-5-7(1-10(14)15)6-18(12,16)17/h2-4,7H,1,5-6H2,(H2,12,16,17). The van der Waals surface area contributed by atoms with Gasteiger partial charge >= 0.3 is 0 Å². The van der Waals surface area contributed by atoms with Gasteiger partial charge in [-0.25, -0.2) is 13.6 Å². The summed E-state index contributed by atoms with van der Waals surface area (Å²) in [6.07, 6.45) is 3.15. The number of hydrogen-bond acceptors (Lipinski definition) is 4. The van der Waals surface area contributed by atoms with E-state index >= 15 is 0 Å². The van der Waals surface area contributed by atoms with Crippen molar-refractivity contribution in [2.24, 2.45) is 11.1 Å². The number of rotatable bonds is 3. The molecule has 1 unspecified atom stereocenters. The average Bonchev–Trinajstić information content (AvgIpc) is 2.56. The molecular weight excluding hydrogens is 278 g/mol.